The molecule has 0 aliphatic heterocycles. The van der Waals surface area contributed by atoms with Crippen molar-refractivity contribution in [2.45, 2.75) is 53.4 Å². The van der Waals surface area contributed by atoms with Crippen LogP contribution in [0.25, 0.3) is 28.5 Å². The van der Waals surface area contributed by atoms with Gasteiger partial charge in [-0.05, 0) is 50.0 Å². The van der Waals surface area contributed by atoms with Crippen LogP contribution >= 0.6 is 0 Å². The number of aromatic amines is 1. The van der Waals surface area contributed by atoms with Gasteiger partial charge in [-0.15, -0.1) is 0 Å². The Bertz CT molecular complexity index is 912. The monoisotopic (exact) mass is 336 g/mol. The van der Waals surface area contributed by atoms with Gasteiger partial charge in [-0.3, -0.25) is 0 Å². The first kappa shape index (κ1) is 17.5. The maximum atomic E-state index is 4.85. The van der Waals surface area contributed by atoms with Crippen LogP contribution in [0, 0.1) is 6.92 Å². The fourth-order valence-corrected chi connectivity index (χ4v) is 3.48. The molecule has 0 saturated carbocycles. The van der Waals surface area contributed by atoms with Gasteiger partial charge >= 0.3 is 0 Å². The summed E-state index contributed by atoms with van der Waals surface area (Å²) in [5, 5.41) is 0. The molecular formula is C21H28N4. The van der Waals surface area contributed by atoms with Crippen LogP contribution in [0.1, 0.15) is 56.4 Å². The number of nitrogens with one attached hydrogen (secondary N) is 1. The molecule has 4 nitrogen and oxygen atoms in total. The minimum absolute atomic E-state index is 0.991. The van der Waals surface area contributed by atoms with Crippen molar-refractivity contribution >= 4 is 17.1 Å². The van der Waals surface area contributed by atoms with Crippen molar-refractivity contribution in [3.05, 3.63) is 41.0 Å². The molecule has 25 heavy (non-hydrogen) atoms. The predicted molar refractivity (Wildman–Crippen MR) is 106 cm³/mol. The number of H-pyrrole nitrogens is 1. The number of rotatable bonds is 3. The van der Waals surface area contributed by atoms with Crippen LogP contribution in [0.15, 0.2) is 18.2 Å². The molecule has 3 aromatic rings. The highest BCUT2D eigenvalue weighted by Gasteiger charge is 2.17. The lowest BCUT2D eigenvalue weighted by atomic mass is 10.1. The van der Waals surface area contributed by atoms with Crippen molar-refractivity contribution in [2.24, 2.45) is 7.05 Å². The Balaban J connectivity index is 0.000000880. The summed E-state index contributed by atoms with van der Waals surface area (Å²) >= 11 is 0. The standard InChI is InChI=1S/C19H22N4.C2H6/c1-4-7-17-20-15-11-13(10-12(2)18(15)22-17)19-21-14-8-5-6-9-16(14)23(19)3;1-2/h5,8,10-11H,4,6-7,9H2,1-3H3,(H,20,22);1-2H3. The molecule has 0 bridgehead atoms. The van der Waals surface area contributed by atoms with Crippen molar-refractivity contribution in [3.8, 4) is 11.4 Å². The maximum Gasteiger partial charge on any atom is 0.140 e. The number of hydrogen-bond donors (Lipinski definition) is 1. The first-order chi connectivity index (χ1) is 12.2. The molecule has 0 amide bonds. The molecule has 0 fully saturated rings. The van der Waals surface area contributed by atoms with Crippen LogP contribution in [-0.2, 0) is 19.9 Å². The Morgan fingerprint density at radius 1 is 1.20 bits per heavy atom. The molecule has 1 aliphatic rings. The number of benzene rings is 1. The van der Waals surface area contributed by atoms with E-state index in [1.54, 1.807) is 0 Å². The molecule has 0 unspecified atom stereocenters. The second kappa shape index (κ2) is 7.26. The molecule has 4 heteroatoms. The van der Waals surface area contributed by atoms with Crippen LogP contribution in [0.2, 0.25) is 0 Å². The third-order valence-corrected chi connectivity index (χ3v) is 4.64. The number of imidazole rings is 2. The van der Waals surface area contributed by atoms with E-state index >= 15 is 0 Å². The van der Waals surface area contributed by atoms with Crippen LogP contribution in [0.5, 0.6) is 0 Å². The number of aromatic nitrogens is 4. The Labute approximate surface area is 150 Å². The number of nitrogens with zero attached hydrogens (tertiary/aromatic N) is 3. The van der Waals surface area contributed by atoms with Crippen LogP contribution in [-0.4, -0.2) is 19.5 Å². The van der Waals surface area contributed by atoms with E-state index in [9.17, 15) is 0 Å². The second-order valence-corrected chi connectivity index (χ2v) is 6.39. The summed E-state index contributed by atoms with van der Waals surface area (Å²) in [4.78, 5) is 13.1. The third-order valence-electron chi connectivity index (χ3n) is 4.64. The summed E-state index contributed by atoms with van der Waals surface area (Å²) in [5.74, 6) is 2.11. The van der Waals surface area contributed by atoms with E-state index in [1.165, 1.54) is 11.3 Å². The van der Waals surface area contributed by atoms with E-state index < -0.39 is 0 Å². The summed E-state index contributed by atoms with van der Waals surface area (Å²) in [6.07, 6.45) is 8.62. The van der Waals surface area contributed by atoms with Crippen LogP contribution in [0.4, 0.5) is 0 Å². The minimum atomic E-state index is 0.991. The highest BCUT2D eigenvalue weighted by Crippen LogP contribution is 2.29. The predicted octanol–water partition coefficient (Wildman–Crippen LogP) is 5.21. The van der Waals surface area contributed by atoms with E-state index in [2.05, 4.69) is 54.7 Å². The summed E-state index contributed by atoms with van der Waals surface area (Å²) < 4.78 is 2.24. The van der Waals surface area contributed by atoms with Gasteiger partial charge in [0.05, 0.1) is 16.7 Å². The van der Waals surface area contributed by atoms with Crippen LogP contribution < -0.4 is 0 Å². The minimum Gasteiger partial charge on any atom is -0.342 e. The van der Waals surface area contributed by atoms with Gasteiger partial charge in [-0.2, -0.15) is 0 Å². The smallest absolute Gasteiger partial charge is 0.140 e. The highest BCUT2D eigenvalue weighted by atomic mass is 15.1. The maximum absolute atomic E-state index is 4.85. The van der Waals surface area contributed by atoms with Crippen molar-refractivity contribution in [2.75, 3.05) is 0 Å². The largest absolute Gasteiger partial charge is 0.342 e. The lowest BCUT2D eigenvalue weighted by molar-refractivity contribution is 0.808. The summed E-state index contributed by atoms with van der Waals surface area (Å²) in [7, 11) is 2.12. The quantitative estimate of drug-likeness (QED) is 0.713. The van der Waals surface area contributed by atoms with Gasteiger partial charge in [-0.1, -0.05) is 26.8 Å². The average Bonchev–Trinajstić information content (AvgIpc) is 3.19. The molecule has 132 valence electrons. The Hall–Kier alpha value is -2.36. The molecule has 4 rings (SSSR count). The van der Waals surface area contributed by atoms with Gasteiger partial charge in [-0.25, -0.2) is 9.97 Å². The Morgan fingerprint density at radius 3 is 2.72 bits per heavy atom. The first-order valence-corrected chi connectivity index (χ1v) is 9.39. The highest BCUT2D eigenvalue weighted by molar-refractivity contribution is 5.84. The van der Waals surface area contributed by atoms with E-state index in [1.807, 2.05) is 13.8 Å². The van der Waals surface area contributed by atoms with E-state index in [0.717, 1.165) is 59.6 Å². The average molecular weight is 336 g/mol. The number of hydrogen-bond acceptors (Lipinski definition) is 2. The number of aryl methyl sites for hydroxylation is 2. The van der Waals surface area contributed by atoms with Gasteiger partial charge in [0.25, 0.3) is 0 Å². The second-order valence-electron chi connectivity index (χ2n) is 6.39. The fourth-order valence-electron chi connectivity index (χ4n) is 3.48. The van der Waals surface area contributed by atoms with Crippen molar-refractivity contribution in [1.82, 2.24) is 19.5 Å². The van der Waals surface area contributed by atoms with E-state index in [-0.39, 0.29) is 0 Å². The zero-order valence-corrected chi connectivity index (χ0v) is 16.0. The van der Waals surface area contributed by atoms with E-state index in [0.29, 0.717) is 0 Å². The molecule has 0 radical (unpaired) electrons. The van der Waals surface area contributed by atoms with E-state index in [4.69, 9.17) is 9.97 Å². The molecule has 1 N–H and O–H groups in total. The fraction of sp³-hybridized carbons (Fsp3) is 0.429. The molecule has 2 heterocycles. The lowest BCUT2D eigenvalue weighted by Gasteiger charge is -2.08. The third kappa shape index (κ3) is 3.13. The molecule has 0 spiro atoms. The van der Waals surface area contributed by atoms with Crippen molar-refractivity contribution < 1.29 is 0 Å². The molecule has 2 aromatic heterocycles. The van der Waals surface area contributed by atoms with Gasteiger partial charge in [0.2, 0.25) is 0 Å². The Kier molecular flexibility index (Phi) is 5.07. The molecule has 1 aliphatic carbocycles. The van der Waals surface area contributed by atoms with Gasteiger partial charge in [0.1, 0.15) is 11.6 Å². The summed E-state index contributed by atoms with van der Waals surface area (Å²) in [6, 6.07) is 4.39. The lowest BCUT2D eigenvalue weighted by Crippen LogP contribution is -2.01. The summed E-state index contributed by atoms with van der Waals surface area (Å²) in [6.45, 7) is 8.31. The van der Waals surface area contributed by atoms with Gasteiger partial charge < -0.3 is 9.55 Å². The zero-order chi connectivity index (χ0) is 18.0. The van der Waals surface area contributed by atoms with Gasteiger partial charge in [0.15, 0.2) is 0 Å². The van der Waals surface area contributed by atoms with Crippen molar-refractivity contribution in [1.29, 1.82) is 0 Å². The number of allylic oxidation sites excluding steroid dienone is 1. The zero-order valence-electron chi connectivity index (χ0n) is 16.0. The summed E-state index contributed by atoms with van der Waals surface area (Å²) in [5.41, 5.74) is 7.00. The van der Waals surface area contributed by atoms with Gasteiger partial charge in [0, 0.05) is 24.7 Å². The first-order valence-electron chi connectivity index (χ1n) is 9.39. The van der Waals surface area contributed by atoms with Crippen LogP contribution in [0.3, 0.4) is 0 Å². The molecule has 0 atom stereocenters. The number of fused-ring (bicyclic) bond motifs is 2. The normalized spacial score (nSPS) is 12.8. The van der Waals surface area contributed by atoms with Crippen molar-refractivity contribution in [3.63, 3.8) is 0 Å². The molecule has 1 aromatic carbocycles. The Morgan fingerprint density at radius 2 is 2.00 bits per heavy atom. The molecule has 0 saturated heterocycles. The SMILES string of the molecule is CC.CCCc1nc2c(C)cc(-c3nc4c(n3C)CCC=C4)cc2[nH]1. The molecular weight excluding hydrogens is 308 g/mol. The topological polar surface area (TPSA) is 46.5 Å².